The van der Waals surface area contributed by atoms with Gasteiger partial charge in [-0.05, 0) is 32.4 Å². The molecule has 1 atom stereocenters. The van der Waals surface area contributed by atoms with E-state index < -0.39 is 0 Å². The van der Waals surface area contributed by atoms with Crippen molar-refractivity contribution in [1.29, 1.82) is 0 Å². The van der Waals surface area contributed by atoms with Gasteiger partial charge in [-0.2, -0.15) is 5.10 Å². The Balaban J connectivity index is 2.28. The summed E-state index contributed by atoms with van der Waals surface area (Å²) in [6.45, 7) is 6.00. The minimum Gasteiger partial charge on any atom is -0.466 e. The summed E-state index contributed by atoms with van der Waals surface area (Å²) in [5.74, 6) is 7.55. The van der Waals surface area contributed by atoms with E-state index in [-0.39, 0.29) is 6.04 Å². The van der Waals surface area contributed by atoms with E-state index in [0.29, 0.717) is 0 Å². The summed E-state index contributed by atoms with van der Waals surface area (Å²) in [7, 11) is 1.91. The van der Waals surface area contributed by atoms with Gasteiger partial charge in [0.15, 0.2) is 0 Å². The zero-order valence-electron chi connectivity index (χ0n) is 11.3. The molecule has 0 amide bonds. The highest BCUT2D eigenvalue weighted by Crippen LogP contribution is 2.28. The molecule has 0 aliphatic carbocycles. The van der Waals surface area contributed by atoms with Crippen molar-refractivity contribution < 1.29 is 4.42 Å². The molecule has 2 rings (SSSR count). The average molecular weight is 248 g/mol. The quantitative estimate of drug-likeness (QED) is 0.638. The lowest BCUT2D eigenvalue weighted by Gasteiger charge is -2.15. The standard InChI is InChI=1S/C13H20N4O/c1-8-9(2)18-10(3)13(8)12(15-14)7-11-5-6-17(4)16-11/h5-6,12,15H,7,14H2,1-4H3. The van der Waals surface area contributed by atoms with Crippen molar-refractivity contribution in [2.45, 2.75) is 33.2 Å². The van der Waals surface area contributed by atoms with Gasteiger partial charge in [-0.25, -0.2) is 0 Å². The first-order valence-corrected chi connectivity index (χ1v) is 6.04. The van der Waals surface area contributed by atoms with Gasteiger partial charge < -0.3 is 4.42 Å². The number of nitrogens with zero attached hydrogens (tertiary/aromatic N) is 2. The van der Waals surface area contributed by atoms with Crippen LogP contribution >= 0.6 is 0 Å². The highest BCUT2D eigenvalue weighted by atomic mass is 16.3. The van der Waals surface area contributed by atoms with Gasteiger partial charge in [-0.1, -0.05) is 0 Å². The Morgan fingerprint density at radius 1 is 1.39 bits per heavy atom. The fourth-order valence-corrected chi connectivity index (χ4v) is 2.35. The van der Waals surface area contributed by atoms with E-state index in [1.165, 1.54) is 0 Å². The van der Waals surface area contributed by atoms with Crippen molar-refractivity contribution in [3.8, 4) is 0 Å². The molecule has 0 saturated heterocycles. The number of rotatable bonds is 4. The number of hydrogen-bond donors (Lipinski definition) is 2. The lowest BCUT2D eigenvalue weighted by molar-refractivity contribution is 0.482. The normalized spacial score (nSPS) is 12.9. The van der Waals surface area contributed by atoms with E-state index in [1.54, 1.807) is 4.68 Å². The second-order valence-corrected chi connectivity index (χ2v) is 4.66. The second-order valence-electron chi connectivity index (χ2n) is 4.66. The smallest absolute Gasteiger partial charge is 0.106 e. The summed E-state index contributed by atoms with van der Waals surface area (Å²) in [5, 5.41) is 4.38. The summed E-state index contributed by atoms with van der Waals surface area (Å²) in [4.78, 5) is 0. The molecule has 1 unspecified atom stereocenters. The predicted molar refractivity (Wildman–Crippen MR) is 69.9 cm³/mol. The molecule has 2 heterocycles. The van der Waals surface area contributed by atoms with Crippen LogP contribution in [0.3, 0.4) is 0 Å². The summed E-state index contributed by atoms with van der Waals surface area (Å²) in [6.07, 6.45) is 2.68. The average Bonchev–Trinajstić information content (AvgIpc) is 2.82. The molecule has 2 aromatic heterocycles. The number of hydrogen-bond acceptors (Lipinski definition) is 4. The first-order chi connectivity index (χ1) is 8.52. The van der Waals surface area contributed by atoms with Gasteiger partial charge in [-0.3, -0.25) is 16.0 Å². The molecule has 0 spiro atoms. The van der Waals surface area contributed by atoms with E-state index >= 15 is 0 Å². The van der Waals surface area contributed by atoms with Crippen LogP contribution in [0.2, 0.25) is 0 Å². The summed E-state index contributed by atoms with van der Waals surface area (Å²) < 4.78 is 7.44. The largest absolute Gasteiger partial charge is 0.466 e. The van der Waals surface area contributed by atoms with E-state index in [1.807, 2.05) is 33.2 Å². The lowest BCUT2D eigenvalue weighted by Crippen LogP contribution is -2.30. The van der Waals surface area contributed by atoms with E-state index in [9.17, 15) is 0 Å². The fourth-order valence-electron chi connectivity index (χ4n) is 2.35. The monoisotopic (exact) mass is 248 g/mol. The van der Waals surface area contributed by atoms with Gasteiger partial charge in [0, 0.05) is 25.2 Å². The second kappa shape index (κ2) is 4.96. The molecule has 0 aliphatic heterocycles. The molecule has 3 N–H and O–H groups in total. The van der Waals surface area contributed by atoms with Crippen LogP contribution in [0.4, 0.5) is 0 Å². The predicted octanol–water partition coefficient (Wildman–Crippen LogP) is 1.69. The number of aryl methyl sites for hydroxylation is 3. The molecule has 5 heteroatoms. The van der Waals surface area contributed by atoms with Gasteiger partial charge in [0.25, 0.3) is 0 Å². The highest BCUT2D eigenvalue weighted by Gasteiger charge is 2.21. The Morgan fingerprint density at radius 2 is 2.11 bits per heavy atom. The number of hydrazine groups is 1. The molecule has 0 fully saturated rings. The third kappa shape index (κ3) is 2.32. The number of furan rings is 1. The van der Waals surface area contributed by atoms with E-state index in [4.69, 9.17) is 10.3 Å². The zero-order valence-corrected chi connectivity index (χ0v) is 11.3. The first-order valence-electron chi connectivity index (χ1n) is 6.04. The maximum atomic E-state index is 5.68. The first kappa shape index (κ1) is 12.9. The third-order valence-corrected chi connectivity index (χ3v) is 3.35. The van der Waals surface area contributed by atoms with Crippen LogP contribution in [0.25, 0.3) is 0 Å². The number of nitrogens with two attached hydrogens (primary N) is 1. The van der Waals surface area contributed by atoms with Crippen LogP contribution in [-0.4, -0.2) is 9.78 Å². The van der Waals surface area contributed by atoms with Gasteiger partial charge in [-0.15, -0.1) is 0 Å². The Morgan fingerprint density at radius 3 is 2.56 bits per heavy atom. The Labute approximate surface area is 107 Å². The minimum atomic E-state index is 0.0253. The zero-order chi connectivity index (χ0) is 13.3. The molecule has 18 heavy (non-hydrogen) atoms. The van der Waals surface area contributed by atoms with Crippen LogP contribution in [0.15, 0.2) is 16.7 Å². The van der Waals surface area contributed by atoms with E-state index in [2.05, 4.69) is 17.4 Å². The molecule has 0 aliphatic rings. The Hall–Kier alpha value is -1.59. The van der Waals surface area contributed by atoms with Crippen LogP contribution < -0.4 is 11.3 Å². The minimum absolute atomic E-state index is 0.0253. The molecular weight excluding hydrogens is 228 g/mol. The molecular formula is C13H20N4O. The fraction of sp³-hybridized carbons (Fsp3) is 0.462. The van der Waals surface area contributed by atoms with Crippen molar-refractivity contribution in [3.63, 3.8) is 0 Å². The number of nitrogens with one attached hydrogen (secondary N) is 1. The van der Waals surface area contributed by atoms with Gasteiger partial charge >= 0.3 is 0 Å². The van der Waals surface area contributed by atoms with Gasteiger partial charge in [0.2, 0.25) is 0 Å². The third-order valence-electron chi connectivity index (χ3n) is 3.35. The van der Waals surface area contributed by atoms with Gasteiger partial charge in [0.1, 0.15) is 11.5 Å². The van der Waals surface area contributed by atoms with Crippen molar-refractivity contribution in [2.24, 2.45) is 12.9 Å². The molecule has 98 valence electrons. The maximum absolute atomic E-state index is 5.68. The van der Waals surface area contributed by atoms with Crippen LogP contribution in [-0.2, 0) is 13.5 Å². The van der Waals surface area contributed by atoms with Crippen molar-refractivity contribution in [3.05, 3.63) is 40.6 Å². The summed E-state index contributed by atoms with van der Waals surface area (Å²) >= 11 is 0. The van der Waals surface area contributed by atoms with Gasteiger partial charge in [0.05, 0.1) is 11.7 Å². The van der Waals surface area contributed by atoms with Crippen molar-refractivity contribution in [2.75, 3.05) is 0 Å². The topological polar surface area (TPSA) is 69.0 Å². The summed E-state index contributed by atoms with van der Waals surface area (Å²) in [6, 6.07) is 2.03. The van der Waals surface area contributed by atoms with E-state index in [0.717, 1.165) is 34.8 Å². The highest BCUT2D eigenvalue weighted by molar-refractivity contribution is 5.34. The SMILES string of the molecule is Cc1oc(C)c(C(Cc2ccn(C)n2)NN)c1C. The maximum Gasteiger partial charge on any atom is 0.106 e. The lowest BCUT2D eigenvalue weighted by atomic mass is 9.99. The van der Waals surface area contributed by atoms with Crippen molar-refractivity contribution >= 4 is 0 Å². The molecule has 2 aromatic rings. The number of aromatic nitrogens is 2. The Bertz CT molecular complexity index is 541. The molecule has 0 saturated carbocycles. The Kier molecular flexibility index (Phi) is 3.54. The molecule has 5 nitrogen and oxygen atoms in total. The van der Waals surface area contributed by atoms with Crippen LogP contribution in [0, 0.1) is 20.8 Å². The summed E-state index contributed by atoms with van der Waals surface area (Å²) in [5.41, 5.74) is 6.17. The molecule has 0 radical (unpaired) electrons. The molecule has 0 bridgehead atoms. The van der Waals surface area contributed by atoms with Crippen molar-refractivity contribution in [1.82, 2.24) is 15.2 Å². The molecule has 0 aromatic carbocycles. The van der Waals surface area contributed by atoms with Crippen LogP contribution in [0.1, 0.15) is 34.4 Å². The van der Waals surface area contributed by atoms with Crippen LogP contribution in [0.5, 0.6) is 0 Å².